The van der Waals surface area contributed by atoms with E-state index in [4.69, 9.17) is 0 Å². The Hall–Kier alpha value is -2.57. The van der Waals surface area contributed by atoms with E-state index < -0.39 is 11.5 Å². The first-order chi connectivity index (χ1) is 12.1. The van der Waals surface area contributed by atoms with E-state index in [0.717, 1.165) is 22.3 Å². The fourth-order valence-corrected chi connectivity index (χ4v) is 4.34. The minimum atomic E-state index is -0.933. The molecule has 2 N–H and O–H groups in total. The molecule has 3 aliphatic rings. The molecule has 7 nitrogen and oxygen atoms in total. The summed E-state index contributed by atoms with van der Waals surface area (Å²) >= 11 is 0. The molecule has 25 heavy (non-hydrogen) atoms. The highest BCUT2D eigenvalue weighted by molar-refractivity contribution is 6.02. The van der Waals surface area contributed by atoms with E-state index in [1.165, 1.54) is 17.7 Å². The maximum atomic E-state index is 13.1. The molecule has 2 aliphatic heterocycles. The summed E-state index contributed by atoms with van der Waals surface area (Å²) < 4.78 is 0. The van der Waals surface area contributed by atoms with Crippen LogP contribution in [0.2, 0.25) is 0 Å². The minimum absolute atomic E-state index is 0.0621. The van der Waals surface area contributed by atoms with Gasteiger partial charge in [-0.15, -0.1) is 0 Å². The van der Waals surface area contributed by atoms with E-state index in [0.29, 0.717) is 38.4 Å². The molecular formula is C18H20N4O3. The Kier molecular flexibility index (Phi) is 2.93. The Morgan fingerprint density at radius 3 is 2.80 bits per heavy atom. The maximum Gasteiger partial charge on any atom is 0.407 e. The number of aromatic nitrogens is 2. The average molecular weight is 340 g/mol. The number of rotatable bonds is 2. The summed E-state index contributed by atoms with van der Waals surface area (Å²) in [5.74, 6) is 0.607. The number of fused-ring (bicyclic) bond motifs is 1. The summed E-state index contributed by atoms with van der Waals surface area (Å²) in [5.41, 5.74) is 2.47. The van der Waals surface area contributed by atoms with Gasteiger partial charge < -0.3 is 14.9 Å². The van der Waals surface area contributed by atoms with Gasteiger partial charge in [0.25, 0.3) is 0 Å². The lowest BCUT2D eigenvalue weighted by Crippen LogP contribution is -2.38. The molecular weight excluding hydrogens is 320 g/mol. The molecule has 1 atom stereocenters. The van der Waals surface area contributed by atoms with Crippen molar-refractivity contribution in [2.45, 2.75) is 31.6 Å². The molecule has 5 rings (SSSR count). The zero-order valence-electron chi connectivity index (χ0n) is 13.9. The lowest BCUT2D eigenvalue weighted by molar-refractivity contribution is -0.124. The smallest absolute Gasteiger partial charge is 0.407 e. The Morgan fingerprint density at radius 2 is 2.08 bits per heavy atom. The van der Waals surface area contributed by atoms with Gasteiger partial charge in [0.15, 0.2) is 0 Å². The number of likely N-dealkylation sites (tertiary alicyclic amines) is 1. The van der Waals surface area contributed by atoms with Crippen LogP contribution in [0.5, 0.6) is 0 Å². The summed E-state index contributed by atoms with van der Waals surface area (Å²) in [6.07, 6.45) is 2.77. The van der Waals surface area contributed by atoms with Gasteiger partial charge in [0.05, 0.1) is 16.6 Å². The highest BCUT2D eigenvalue weighted by Gasteiger charge is 2.52. The Morgan fingerprint density at radius 1 is 1.28 bits per heavy atom. The summed E-state index contributed by atoms with van der Waals surface area (Å²) in [6, 6.07) is 6.01. The zero-order valence-corrected chi connectivity index (χ0v) is 13.9. The highest BCUT2D eigenvalue weighted by atomic mass is 16.4. The third kappa shape index (κ3) is 2.14. The second-order valence-electron chi connectivity index (χ2n) is 7.55. The lowest BCUT2D eigenvalue weighted by atomic mass is 9.85. The Balaban J connectivity index is 1.46. The van der Waals surface area contributed by atoms with Gasteiger partial charge in [-0.1, -0.05) is 0 Å². The minimum Gasteiger partial charge on any atom is -0.465 e. The summed E-state index contributed by atoms with van der Waals surface area (Å²) in [4.78, 5) is 27.5. The van der Waals surface area contributed by atoms with Crippen LogP contribution >= 0.6 is 0 Å². The second-order valence-corrected chi connectivity index (χ2v) is 7.55. The van der Waals surface area contributed by atoms with Crippen molar-refractivity contribution >= 4 is 28.6 Å². The third-order valence-corrected chi connectivity index (χ3v) is 5.99. The van der Waals surface area contributed by atoms with Gasteiger partial charge in [-0.2, -0.15) is 5.10 Å². The van der Waals surface area contributed by atoms with Gasteiger partial charge in [0.1, 0.15) is 0 Å². The van der Waals surface area contributed by atoms with E-state index in [1.807, 2.05) is 17.0 Å². The molecule has 3 fully saturated rings. The quantitative estimate of drug-likeness (QED) is 0.879. The lowest BCUT2D eigenvalue weighted by Gasteiger charge is -2.23. The second kappa shape index (κ2) is 4.97. The normalized spacial score (nSPS) is 26.3. The number of anilines is 1. The summed E-state index contributed by atoms with van der Waals surface area (Å²) in [5, 5.41) is 17.8. The van der Waals surface area contributed by atoms with Crippen molar-refractivity contribution < 1.29 is 14.7 Å². The van der Waals surface area contributed by atoms with Crippen molar-refractivity contribution in [2.24, 2.45) is 5.41 Å². The number of carbonyl (C=O) groups is 2. The number of carbonyl (C=O) groups excluding carboxylic acids is 1. The molecule has 2 aromatic rings. The van der Waals surface area contributed by atoms with Crippen LogP contribution in [-0.2, 0) is 4.79 Å². The first-order valence-electron chi connectivity index (χ1n) is 8.85. The summed E-state index contributed by atoms with van der Waals surface area (Å²) in [7, 11) is 0. The van der Waals surface area contributed by atoms with Crippen LogP contribution in [0, 0.1) is 5.41 Å². The van der Waals surface area contributed by atoms with Crippen molar-refractivity contribution in [3.05, 3.63) is 23.9 Å². The third-order valence-electron chi connectivity index (χ3n) is 5.99. The first-order valence-corrected chi connectivity index (χ1v) is 8.85. The molecule has 0 radical (unpaired) electrons. The van der Waals surface area contributed by atoms with E-state index >= 15 is 0 Å². The van der Waals surface area contributed by atoms with Gasteiger partial charge in [0.2, 0.25) is 5.91 Å². The Labute approximate surface area is 144 Å². The fraction of sp³-hybridized carbons (Fsp3) is 0.500. The van der Waals surface area contributed by atoms with Crippen molar-refractivity contribution in [3.63, 3.8) is 0 Å². The Bertz CT molecular complexity index is 888. The number of nitrogens with one attached hydrogen (secondary N) is 1. The molecule has 1 aromatic heterocycles. The molecule has 0 unspecified atom stereocenters. The highest BCUT2D eigenvalue weighted by Crippen LogP contribution is 2.45. The van der Waals surface area contributed by atoms with Crippen LogP contribution in [-0.4, -0.2) is 51.8 Å². The van der Waals surface area contributed by atoms with Crippen LogP contribution in [0.1, 0.15) is 37.3 Å². The number of nitrogens with zero attached hydrogens (tertiary/aromatic N) is 3. The zero-order chi connectivity index (χ0) is 17.2. The topological polar surface area (TPSA) is 89.5 Å². The first kappa shape index (κ1) is 14.7. The van der Waals surface area contributed by atoms with Gasteiger partial charge in [-0.05, 0) is 43.9 Å². The van der Waals surface area contributed by atoms with E-state index in [1.54, 1.807) is 0 Å². The molecule has 130 valence electrons. The number of hydrogen-bond acceptors (Lipinski definition) is 3. The van der Waals surface area contributed by atoms with Gasteiger partial charge in [-0.25, -0.2) is 4.79 Å². The van der Waals surface area contributed by atoms with Crippen LogP contribution in [0.15, 0.2) is 18.2 Å². The van der Waals surface area contributed by atoms with E-state index in [9.17, 15) is 14.7 Å². The standard InChI is InChI=1S/C18H20N4O3/c23-16-18(5-7-21(10-18)17(24)25)6-8-22(16)12-3-4-14-13(9-12)15(20-19-14)11-1-2-11/h3-4,9,11H,1-2,5-8,10H2,(H,19,20)(H,24,25)/t18-/m0/s1. The van der Waals surface area contributed by atoms with Gasteiger partial charge >= 0.3 is 6.09 Å². The molecule has 2 saturated heterocycles. The predicted octanol–water partition coefficient (Wildman–Crippen LogP) is 2.55. The van der Waals surface area contributed by atoms with Crippen LogP contribution < -0.4 is 4.90 Å². The molecule has 1 saturated carbocycles. The SMILES string of the molecule is O=C(O)N1CC[C@]2(CCN(c3ccc4[nH]nc(C5CC5)c4c3)C2=O)C1. The maximum absolute atomic E-state index is 13.1. The molecule has 7 heteroatoms. The molecule has 0 bridgehead atoms. The molecule has 1 spiro atoms. The van der Waals surface area contributed by atoms with E-state index in [-0.39, 0.29) is 5.91 Å². The van der Waals surface area contributed by atoms with Gasteiger partial charge in [0, 0.05) is 36.6 Å². The largest absolute Gasteiger partial charge is 0.465 e. The van der Waals surface area contributed by atoms with Gasteiger partial charge in [-0.3, -0.25) is 9.89 Å². The number of H-pyrrole nitrogens is 1. The molecule has 2 amide bonds. The van der Waals surface area contributed by atoms with Crippen molar-refractivity contribution in [1.29, 1.82) is 0 Å². The number of benzene rings is 1. The molecule has 3 heterocycles. The number of carboxylic acid groups (broad SMARTS) is 1. The van der Waals surface area contributed by atoms with Crippen LogP contribution in [0.3, 0.4) is 0 Å². The fourth-order valence-electron chi connectivity index (χ4n) is 4.34. The monoisotopic (exact) mass is 340 g/mol. The molecule has 1 aromatic carbocycles. The number of hydrogen-bond donors (Lipinski definition) is 2. The molecule has 1 aliphatic carbocycles. The van der Waals surface area contributed by atoms with E-state index in [2.05, 4.69) is 16.3 Å². The predicted molar refractivity (Wildman–Crippen MR) is 91.7 cm³/mol. The number of amides is 2. The average Bonchev–Trinajstić information content (AvgIpc) is 3.09. The van der Waals surface area contributed by atoms with Crippen LogP contribution in [0.25, 0.3) is 10.9 Å². The van der Waals surface area contributed by atoms with Crippen molar-refractivity contribution in [1.82, 2.24) is 15.1 Å². The van der Waals surface area contributed by atoms with Crippen molar-refractivity contribution in [3.8, 4) is 0 Å². The summed E-state index contributed by atoms with van der Waals surface area (Å²) in [6.45, 7) is 1.41. The van der Waals surface area contributed by atoms with Crippen molar-refractivity contribution in [2.75, 3.05) is 24.5 Å². The van der Waals surface area contributed by atoms with Crippen LogP contribution in [0.4, 0.5) is 10.5 Å². The number of aromatic amines is 1.